The first-order chi connectivity index (χ1) is 15.6. The van der Waals surface area contributed by atoms with Gasteiger partial charge < -0.3 is 15.1 Å². The molecule has 3 aromatic rings. The van der Waals surface area contributed by atoms with Gasteiger partial charge in [0, 0.05) is 41.5 Å². The third-order valence-electron chi connectivity index (χ3n) is 7.29. The summed E-state index contributed by atoms with van der Waals surface area (Å²) in [5.41, 5.74) is 3.93. The summed E-state index contributed by atoms with van der Waals surface area (Å²) < 4.78 is 1.34. The first-order valence-corrected chi connectivity index (χ1v) is 11.4. The van der Waals surface area contributed by atoms with Crippen LogP contribution < -0.4 is 20.7 Å². The number of benzene rings is 2. The number of aryl methyl sites for hydroxylation is 1. The molecule has 7 heteroatoms. The number of allylic oxidation sites excluding steroid dienone is 1. The van der Waals surface area contributed by atoms with Crippen LogP contribution in [0.3, 0.4) is 0 Å². The van der Waals surface area contributed by atoms with Gasteiger partial charge in [-0.1, -0.05) is 61.9 Å². The molecule has 2 unspecified atom stereocenters. The largest absolute Gasteiger partial charge is 0.851 e. The zero-order valence-electron chi connectivity index (χ0n) is 19.0. The molecule has 1 aliphatic heterocycles. The number of likely N-dealkylation sites (N-methyl/N-ethyl adjacent to an activating group) is 1. The lowest BCUT2D eigenvalue weighted by molar-refractivity contribution is -0.543. The summed E-state index contributed by atoms with van der Waals surface area (Å²) in [6.07, 6.45) is -0.552. The molecular formula is C26H26ClN3O3-2. The minimum Gasteiger partial charge on any atom is -0.851 e. The van der Waals surface area contributed by atoms with Crippen molar-refractivity contribution in [1.82, 2.24) is 9.78 Å². The fraction of sp³-hybridized carbons (Fsp3) is 0.346. The van der Waals surface area contributed by atoms with Gasteiger partial charge in [-0.05, 0) is 41.2 Å². The lowest BCUT2D eigenvalue weighted by Gasteiger charge is -2.60. The highest BCUT2D eigenvalue weighted by Crippen LogP contribution is 2.50. The molecule has 1 saturated carbocycles. The van der Waals surface area contributed by atoms with Crippen LogP contribution in [0.25, 0.3) is 11.3 Å². The van der Waals surface area contributed by atoms with Crippen molar-refractivity contribution in [1.29, 1.82) is 0 Å². The topological polar surface area (TPSA) is 87.2 Å². The normalized spacial score (nSPS) is 27.0. The van der Waals surface area contributed by atoms with Crippen molar-refractivity contribution in [2.75, 3.05) is 11.9 Å². The number of aromatic nitrogens is 2. The Morgan fingerprint density at radius 3 is 2.39 bits per heavy atom. The lowest BCUT2D eigenvalue weighted by atomic mass is 9.64. The highest BCUT2D eigenvalue weighted by atomic mass is 35.5. The number of anilines is 1. The highest BCUT2D eigenvalue weighted by molar-refractivity contribution is 6.30. The number of halogens is 1. The van der Waals surface area contributed by atoms with Gasteiger partial charge in [-0.15, -0.1) is 12.2 Å². The summed E-state index contributed by atoms with van der Waals surface area (Å²) in [5.74, 6) is -1.60. The van der Waals surface area contributed by atoms with Gasteiger partial charge in [-0.2, -0.15) is 0 Å². The molecule has 2 aromatic carbocycles. The van der Waals surface area contributed by atoms with E-state index in [-0.39, 0.29) is 11.0 Å². The number of nitrogens with one attached hydrogen (secondary N) is 1. The Hall–Kier alpha value is -2.80. The smallest absolute Gasteiger partial charge is 0.270 e. The Bertz CT molecular complexity index is 1300. The van der Waals surface area contributed by atoms with Crippen molar-refractivity contribution < 1.29 is 10.2 Å². The van der Waals surface area contributed by atoms with E-state index in [9.17, 15) is 15.0 Å². The molecule has 5 rings (SSSR count). The van der Waals surface area contributed by atoms with Crippen LogP contribution >= 0.6 is 11.6 Å². The average Bonchev–Trinajstić information content (AvgIpc) is 3.17. The second kappa shape index (κ2) is 7.62. The van der Waals surface area contributed by atoms with E-state index in [0.29, 0.717) is 16.3 Å². The quantitative estimate of drug-likeness (QED) is 0.646. The Kier molecular flexibility index (Phi) is 5.08. The molecule has 1 fully saturated rings. The Labute approximate surface area is 197 Å². The molecule has 1 aromatic heterocycles. The van der Waals surface area contributed by atoms with Gasteiger partial charge in [0.15, 0.2) is 0 Å². The summed E-state index contributed by atoms with van der Waals surface area (Å²) >= 11 is 6.23. The molecule has 2 heterocycles. The van der Waals surface area contributed by atoms with Gasteiger partial charge in [0.2, 0.25) is 0 Å². The van der Waals surface area contributed by atoms with Crippen molar-refractivity contribution in [3.05, 3.63) is 86.8 Å². The number of hydrogen-bond donors (Lipinski definition) is 1. The van der Waals surface area contributed by atoms with Crippen molar-refractivity contribution in [3.8, 4) is 11.3 Å². The number of fused-ring (bicyclic) bond motifs is 1. The van der Waals surface area contributed by atoms with Crippen LogP contribution in [0.5, 0.6) is 0 Å². The van der Waals surface area contributed by atoms with Gasteiger partial charge in [0.25, 0.3) is 5.56 Å². The summed E-state index contributed by atoms with van der Waals surface area (Å²) in [4.78, 5) is 14.9. The molecule has 2 aliphatic rings. The van der Waals surface area contributed by atoms with Gasteiger partial charge in [0.1, 0.15) is 0 Å². The van der Waals surface area contributed by atoms with Crippen molar-refractivity contribution in [2.24, 2.45) is 13.0 Å². The number of H-pyrrole nitrogens is 1. The predicted octanol–water partition coefficient (Wildman–Crippen LogP) is 2.52. The van der Waals surface area contributed by atoms with Crippen LogP contribution in [-0.4, -0.2) is 29.0 Å². The summed E-state index contributed by atoms with van der Waals surface area (Å²) in [6.45, 7) is 4.14. The van der Waals surface area contributed by atoms with Gasteiger partial charge in [-0.25, -0.2) is 0 Å². The van der Waals surface area contributed by atoms with Gasteiger partial charge in [-0.3, -0.25) is 14.6 Å². The van der Waals surface area contributed by atoms with E-state index < -0.39 is 24.0 Å². The standard InChI is InChI=1S/C26H26ClN3O3/c1-26(2)17-12-15(27)10-11-18(17)29(3)19(26)13-16-23(31)21(24(16)32)20-22(28-30(4)25(20)33)14-8-6-5-7-9-14/h5-13,16,21,23-24,28H,1-4H3/q-2. The SMILES string of the molecule is CN1C(=CC2C([O-])C(c3c(-c4ccccc4)[nH]n(C)c3=O)C2[O-])C(C)(C)c2cc(Cl)ccc21. The molecule has 6 nitrogen and oxygen atoms in total. The third-order valence-corrected chi connectivity index (χ3v) is 7.53. The van der Waals surface area contributed by atoms with Crippen LogP contribution in [0.2, 0.25) is 5.02 Å². The van der Waals surface area contributed by atoms with Gasteiger partial charge >= 0.3 is 0 Å². The average molecular weight is 464 g/mol. The molecule has 1 aliphatic carbocycles. The van der Waals surface area contributed by atoms with E-state index in [1.165, 1.54) is 4.68 Å². The Balaban J connectivity index is 1.51. The fourth-order valence-corrected chi connectivity index (χ4v) is 5.59. The Morgan fingerprint density at radius 1 is 1.06 bits per heavy atom. The van der Waals surface area contributed by atoms with Crippen LogP contribution in [0.15, 0.2) is 65.1 Å². The van der Waals surface area contributed by atoms with Crippen molar-refractivity contribution in [3.63, 3.8) is 0 Å². The second-order valence-corrected chi connectivity index (χ2v) is 10.00. The molecule has 33 heavy (non-hydrogen) atoms. The maximum Gasteiger partial charge on any atom is 0.270 e. The zero-order valence-corrected chi connectivity index (χ0v) is 19.8. The van der Waals surface area contributed by atoms with Crippen molar-refractivity contribution in [2.45, 2.75) is 37.4 Å². The van der Waals surface area contributed by atoms with Crippen molar-refractivity contribution >= 4 is 17.3 Å². The minimum atomic E-state index is -1.19. The van der Waals surface area contributed by atoms with E-state index in [0.717, 1.165) is 22.5 Å². The number of aromatic amines is 1. The number of hydrogen-bond acceptors (Lipinski definition) is 4. The van der Waals surface area contributed by atoms with E-state index in [1.807, 2.05) is 66.6 Å². The summed E-state index contributed by atoms with van der Waals surface area (Å²) in [5, 5.41) is 30.5. The van der Waals surface area contributed by atoms with Crippen LogP contribution in [0, 0.1) is 5.92 Å². The lowest BCUT2D eigenvalue weighted by Crippen LogP contribution is -2.65. The molecule has 2 atom stereocenters. The monoisotopic (exact) mass is 463 g/mol. The first-order valence-electron chi connectivity index (χ1n) is 11.0. The second-order valence-electron chi connectivity index (χ2n) is 9.56. The molecular weight excluding hydrogens is 438 g/mol. The van der Waals surface area contributed by atoms with Crippen LogP contribution in [0.4, 0.5) is 5.69 Å². The maximum atomic E-state index is 13.4. The van der Waals surface area contributed by atoms with Crippen LogP contribution in [-0.2, 0) is 12.5 Å². The number of rotatable bonds is 3. The highest BCUT2D eigenvalue weighted by Gasteiger charge is 2.44. The van der Waals surface area contributed by atoms with Crippen LogP contribution in [0.1, 0.15) is 30.9 Å². The first kappa shape index (κ1) is 22.0. The van der Waals surface area contributed by atoms with Gasteiger partial charge in [0.05, 0.1) is 5.69 Å². The molecule has 172 valence electrons. The molecule has 0 saturated heterocycles. The molecule has 0 amide bonds. The molecule has 0 bridgehead atoms. The zero-order chi connectivity index (χ0) is 23.7. The maximum absolute atomic E-state index is 13.4. The van der Waals surface area contributed by atoms with E-state index in [2.05, 4.69) is 18.9 Å². The van der Waals surface area contributed by atoms with E-state index in [1.54, 1.807) is 7.05 Å². The summed E-state index contributed by atoms with van der Waals surface area (Å²) in [6, 6.07) is 15.1. The molecule has 1 N–H and O–H groups in total. The predicted molar refractivity (Wildman–Crippen MR) is 126 cm³/mol. The fourth-order valence-electron chi connectivity index (χ4n) is 5.42. The minimum absolute atomic E-state index is 0.299. The number of nitrogens with zero attached hydrogens (tertiary/aromatic N) is 2. The summed E-state index contributed by atoms with van der Waals surface area (Å²) in [7, 11) is 3.55. The Morgan fingerprint density at radius 2 is 1.73 bits per heavy atom. The molecule has 0 radical (unpaired) electrons. The van der Waals surface area contributed by atoms with E-state index >= 15 is 0 Å². The third kappa shape index (κ3) is 3.20. The van der Waals surface area contributed by atoms with E-state index in [4.69, 9.17) is 11.6 Å². The molecule has 0 spiro atoms.